The van der Waals surface area contributed by atoms with Crippen molar-refractivity contribution in [3.8, 4) is 5.75 Å². The summed E-state index contributed by atoms with van der Waals surface area (Å²) in [5.74, 6) is 1.17. The lowest BCUT2D eigenvalue weighted by molar-refractivity contribution is -0.129. The summed E-state index contributed by atoms with van der Waals surface area (Å²) < 4.78 is 14.6. The molecule has 0 fully saturated rings. The van der Waals surface area contributed by atoms with Crippen LogP contribution in [0.15, 0.2) is 71.4 Å². The first-order valence-corrected chi connectivity index (χ1v) is 13.5. The van der Waals surface area contributed by atoms with Crippen LogP contribution >= 0.6 is 67.8 Å². The van der Waals surface area contributed by atoms with Crippen molar-refractivity contribution in [1.82, 2.24) is 0 Å². The summed E-state index contributed by atoms with van der Waals surface area (Å²) >= 11 is 6.82. The number of halogens is 3. The molecule has 1 aliphatic heterocycles. The number of aliphatic imine (C=N–C) groups is 1. The van der Waals surface area contributed by atoms with E-state index in [0.717, 1.165) is 29.6 Å². The fourth-order valence-electron chi connectivity index (χ4n) is 3.28. The van der Waals surface area contributed by atoms with Crippen LogP contribution < -0.4 is 4.74 Å². The smallest absolute Gasteiger partial charge is 0.363 e. The molecule has 0 aliphatic carbocycles. The molecular weight excluding hydrogens is 755 g/mol. The van der Waals surface area contributed by atoms with Crippen molar-refractivity contribution in [3.05, 3.63) is 99.3 Å². The third-order valence-corrected chi connectivity index (χ3v) is 7.31. The van der Waals surface area contributed by atoms with Gasteiger partial charge in [-0.3, -0.25) is 0 Å². The van der Waals surface area contributed by atoms with E-state index in [-0.39, 0.29) is 5.70 Å². The van der Waals surface area contributed by atoms with Gasteiger partial charge in [-0.15, -0.1) is 0 Å². The Morgan fingerprint density at radius 2 is 1.70 bits per heavy atom. The quantitative estimate of drug-likeness (QED) is 0.148. The fourth-order valence-corrected chi connectivity index (χ4v) is 6.02. The number of hydrogen-bond donors (Lipinski definition) is 0. The van der Waals surface area contributed by atoms with Crippen LogP contribution in [0.2, 0.25) is 0 Å². The van der Waals surface area contributed by atoms with Crippen molar-refractivity contribution in [2.75, 3.05) is 0 Å². The molecule has 4 nitrogen and oxygen atoms in total. The average molecular weight is 775 g/mol. The molecular formula is C26H20I3NO3. The zero-order chi connectivity index (χ0) is 23.5. The molecule has 3 aromatic carbocycles. The van der Waals surface area contributed by atoms with Gasteiger partial charge in [0.25, 0.3) is 0 Å². The van der Waals surface area contributed by atoms with Gasteiger partial charge in [0.2, 0.25) is 5.90 Å². The molecule has 0 radical (unpaired) electrons. The van der Waals surface area contributed by atoms with Gasteiger partial charge in [0.15, 0.2) is 5.70 Å². The van der Waals surface area contributed by atoms with Crippen molar-refractivity contribution in [2.24, 2.45) is 4.99 Å². The number of cyclic esters (lactones) is 1. The Labute approximate surface area is 234 Å². The van der Waals surface area contributed by atoms with Crippen LogP contribution in [0.25, 0.3) is 6.08 Å². The highest BCUT2D eigenvalue weighted by molar-refractivity contribution is 14.1. The van der Waals surface area contributed by atoms with E-state index in [1.807, 2.05) is 42.5 Å². The first-order valence-electron chi connectivity index (χ1n) is 10.3. The lowest BCUT2D eigenvalue weighted by Crippen LogP contribution is -2.05. The fraction of sp³-hybridized carbons (Fsp3) is 0.154. The second-order valence-electron chi connectivity index (χ2n) is 7.85. The van der Waals surface area contributed by atoms with Crippen LogP contribution in [0.1, 0.15) is 42.0 Å². The predicted molar refractivity (Wildman–Crippen MR) is 157 cm³/mol. The van der Waals surface area contributed by atoms with Crippen LogP contribution in [-0.2, 0) is 16.1 Å². The summed E-state index contributed by atoms with van der Waals surface area (Å²) in [6.45, 7) is 4.79. The largest absolute Gasteiger partial charge is 0.487 e. The Bertz CT molecular complexity index is 1240. The Morgan fingerprint density at radius 1 is 1.00 bits per heavy atom. The number of carbonyl (C=O) groups is 1. The van der Waals surface area contributed by atoms with Gasteiger partial charge in [-0.05, 0) is 133 Å². The molecule has 0 saturated carbocycles. The number of ether oxygens (including phenoxy) is 2. The summed E-state index contributed by atoms with van der Waals surface area (Å²) in [6, 6.07) is 20.2. The lowest BCUT2D eigenvalue weighted by Gasteiger charge is -2.12. The monoisotopic (exact) mass is 775 g/mol. The summed E-state index contributed by atoms with van der Waals surface area (Å²) in [4.78, 5) is 16.9. The normalized spacial score (nSPS) is 14.5. The van der Waals surface area contributed by atoms with E-state index in [4.69, 9.17) is 9.47 Å². The standard InChI is InChI=1S/C26H20I3NO3/c1-15(2)18-6-8-19(9-7-18)25-30-23(26(31)33-25)13-17-11-21(28)24(22(29)12-17)32-14-16-4-3-5-20(27)10-16/h3-13,15H,14H2,1-2H3/b23-13-. The number of nitrogens with zero attached hydrogens (tertiary/aromatic N) is 1. The van der Waals surface area contributed by atoms with Crippen molar-refractivity contribution in [3.63, 3.8) is 0 Å². The molecule has 33 heavy (non-hydrogen) atoms. The van der Waals surface area contributed by atoms with Gasteiger partial charge in [-0.25, -0.2) is 9.79 Å². The number of benzene rings is 3. The molecule has 1 aliphatic rings. The first kappa shape index (κ1) is 24.6. The van der Waals surface area contributed by atoms with Crippen LogP contribution in [-0.4, -0.2) is 11.9 Å². The number of hydrogen-bond acceptors (Lipinski definition) is 4. The molecule has 0 atom stereocenters. The third-order valence-electron chi connectivity index (χ3n) is 5.04. The molecule has 0 unspecified atom stereocenters. The molecule has 168 valence electrons. The van der Waals surface area contributed by atoms with Gasteiger partial charge in [-0.1, -0.05) is 38.1 Å². The van der Waals surface area contributed by atoms with Crippen LogP contribution in [0.4, 0.5) is 0 Å². The average Bonchev–Trinajstić information content (AvgIpc) is 3.13. The summed E-state index contributed by atoms with van der Waals surface area (Å²) in [5.41, 5.74) is 4.30. The van der Waals surface area contributed by atoms with Crippen molar-refractivity contribution >= 4 is 85.7 Å². The molecule has 1 heterocycles. The first-order chi connectivity index (χ1) is 15.8. The number of rotatable bonds is 6. The Kier molecular flexibility index (Phi) is 8.11. The maximum atomic E-state index is 12.4. The van der Waals surface area contributed by atoms with Gasteiger partial charge in [0, 0.05) is 9.13 Å². The van der Waals surface area contributed by atoms with Crippen molar-refractivity contribution in [1.29, 1.82) is 0 Å². The Morgan fingerprint density at radius 3 is 2.33 bits per heavy atom. The van der Waals surface area contributed by atoms with Crippen LogP contribution in [0.5, 0.6) is 5.75 Å². The Hall–Kier alpha value is -1.47. The number of esters is 1. The van der Waals surface area contributed by atoms with E-state index in [0.29, 0.717) is 18.4 Å². The highest BCUT2D eigenvalue weighted by Gasteiger charge is 2.24. The van der Waals surface area contributed by atoms with E-state index in [1.54, 1.807) is 6.08 Å². The molecule has 4 rings (SSSR count). The molecule has 7 heteroatoms. The zero-order valence-electron chi connectivity index (χ0n) is 17.9. The van der Waals surface area contributed by atoms with Crippen LogP contribution in [0, 0.1) is 10.7 Å². The number of carbonyl (C=O) groups excluding carboxylic acids is 1. The maximum absolute atomic E-state index is 12.4. The second-order valence-corrected chi connectivity index (χ2v) is 11.4. The SMILES string of the molecule is CC(C)c1ccc(C2=N/C(=C\c3cc(I)c(OCc4cccc(I)c4)c(I)c3)C(=O)O2)cc1. The van der Waals surface area contributed by atoms with Crippen LogP contribution in [0.3, 0.4) is 0 Å². The van der Waals surface area contributed by atoms with E-state index < -0.39 is 5.97 Å². The molecule has 0 spiro atoms. The van der Waals surface area contributed by atoms with E-state index in [1.165, 1.54) is 9.13 Å². The maximum Gasteiger partial charge on any atom is 0.363 e. The second kappa shape index (κ2) is 10.9. The van der Waals surface area contributed by atoms with E-state index in [9.17, 15) is 4.79 Å². The molecule has 3 aromatic rings. The van der Waals surface area contributed by atoms with Gasteiger partial charge >= 0.3 is 5.97 Å². The molecule has 0 amide bonds. The summed E-state index contributed by atoms with van der Waals surface area (Å²) in [5, 5.41) is 0. The Balaban J connectivity index is 1.54. The van der Waals surface area contributed by atoms with Gasteiger partial charge < -0.3 is 9.47 Å². The molecule has 0 saturated heterocycles. The summed E-state index contributed by atoms with van der Waals surface area (Å²) in [7, 11) is 0. The van der Waals surface area contributed by atoms with E-state index >= 15 is 0 Å². The van der Waals surface area contributed by atoms with Gasteiger partial charge in [0.1, 0.15) is 12.4 Å². The highest BCUT2D eigenvalue weighted by Crippen LogP contribution is 2.31. The minimum Gasteiger partial charge on any atom is -0.487 e. The predicted octanol–water partition coefficient (Wildman–Crippen LogP) is 7.55. The van der Waals surface area contributed by atoms with Crippen molar-refractivity contribution in [2.45, 2.75) is 26.4 Å². The lowest BCUT2D eigenvalue weighted by atomic mass is 10.0. The highest BCUT2D eigenvalue weighted by atomic mass is 127. The minimum absolute atomic E-state index is 0.289. The zero-order valence-corrected chi connectivity index (χ0v) is 24.4. The van der Waals surface area contributed by atoms with Gasteiger partial charge in [-0.2, -0.15) is 0 Å². The molecule has 0 bridgehead atoms. The molecule has 0 N–H and O–H groups in total. The topological polar surface area (TPSA) is 47.9 Å². The third kappa shape index (κ3) is 6.16. The van der Waals surface area contributed by atoms with Gasteiger partial charge in [0.05, 0.1) is 7.14 Å². The van der Waals surface area contributed by atoms with Crippen molar-refractivity contribution < 1.29 is 14.3 Å². The summed E-state index contributed by atoms with van der Waals surface area (Å²) in [6.07, 6.45) is 1.76. The minimum atomic E-state index is -0.443. The molecule has 0 aromatic heterocycles. The van der Waals surface area contributed by atoms with E-state index in [2.05, 4.69) is 105 Å².